The van der Waals surface area contributed by atoms with E-state index in [1.807, 2.05) is 0 Å². The lowest BCUT2D eigenvalue weighted by Gasteiger charge is -2.26. The maximum Gasteiger partial charge on any atom is 0.328 e. The number of rotatable bonds is 2. The molecule has 16 heavy (non-hydrogen) atoms. The summed E-state index contributed by atoms with van der Waals surface area (Å²) in [4.78, 5) is 23.6. The molecule has 1 N–H and O–H groups in total. The summed E-state index contributed by atoms with van der Waals surface area (Å²) in [7, 11) is 0. The Balaban J connectivity index is 2.54. The largest absolute Gasteiger partial charge is 0.478 e. The number of nitrogens with zero attached hydrogens (tertiary/aromatic N) is 1. The van der Waals surface area contributed by atoms with Gasteiger partial charge >= 0.3 is 5.97 Å². The predicted molar refractivity (Wildman–Crippen MR) is 60.9 cm³/mol. The highest BCUT2D eigenvalue weighted by Gasteiger charge is 2.33. The first-order valence-electron chi connectivity index (χ1n) is 5.50. The predicted octanol–water partition coefficient (Wildman–Crippen LogP) is 1.52. The molecule has 1 saturated heterocycles. The van der Waals surface area contributed by atoms with Crippen LogP contribution in [0.2, 0.25) is 0 Å². The molecule has 1 aliphatic rings. The Morgan fingerprint density at radius 2 is 1.94 bits per heavy atom. The smallest absolute Gasteiger partial charge is 0.328 e. The van der Waals surface area contributed by atoms with Crippen molar-refractivity contribution in [1.29, 1.82) is 0 Å². The maximum absolute atomic E-state index is 11.6. The van der Waals surface area contributed by atoms with Crippen molar-refractivity contribution in [3.8, 4) is 0 Å². The molecule has 90 valence electrons. The summed E-state index contributed by atoms with van der Waals surface area (Å²) in [5, 5.41) is 8.43. The molecule has 0 spiro atoms. The molecule has 1 rings (SSSR count). The van der Waals surface area contributed by atoms with Gasteiger partial charge in [-0.05, 0) is 17.8 Å². The second kappa shape index (κ2) is 4.68. The van der Waals surface area contributed by atoms with Crippen LogP contribution in [0.4, 0.5) is 0 Å². The molecular formula is C12H19NO3. The van der Waals surface area contributed by atoms with Gasteiger partial charge in [-0.15, -0.1) is 0 Å². The lowest BCUT2D eigenvalue weighted by molar-refractivity contribution is -0.132. The average Bonchev–Trinajstić information content (AvgIpc) is 2.61. The van der Waals surface area contributed by atoms with E-state index in [9.17, 15) is 9.59 Å². The van der Waals surface area contributed by atoms with Crippen molar-refractivity contribution < 1.29 is 14.7 Å². The van der Waals surface area contributed by atoms with Crippen molar-refractivity contribution in [3.05, 3.63) is 12.2 Å². The maximum atomic E-state index is 11.6. The third kappa shape index (κ3) is 3.36. The van der Waals surface area contributed by atoms with E-state index in [0.29, 0.717) is 5.92 Å². The zero-order valence-corrected chi connectivity index (χ0v) is 10.1. The van der Waals surface area contributed by atoms with Crippen molar-refractivity contribution >= 4 is 11.9 Å². The van der Waals surface area contributed by atoms with Gasteiger partial charge in [0.15, 0.2) is 0 Å². The molecule has 0 aromatic carbocycles. The second-order valence-electron chi connectivity index (χ2n) is 5.31. The van der Waals surface area contributed by atoms with Crippen LogP contribution in [0.5, 0.6) is 0 Å². The third-order valence-electron chi connectivity index (χ3n) is 3.09. The lowest BCUT2D eigenvalue weighted by atomic mass is 9.80. The zero-order valence-electron chi connectivity index (χ0n) is 10.1. The van der Waals surface area contributed by atoms with Crippen LogP contribution in [0, 0.1) is 11.3 Å². The van der Waals surface area contributed by atoms with Gasteiger partial charge in [-0.2, -0.15) is 0 Å². The minimum Gasteiger partial charge on any atom is -0.478 e. The molecule has 1 unspecified atom stereocenters. The fourth-order valence-electron chi connectivity index (χ4n) is 1.92. The Hall–Kier alpha value is -1.32. The Kier molecular flexibility index (Phi) is 3.73. The molecule has 0 aromatic heterocycles. The van der Waals surface area contributed by atoms with Crippen LogP contribution >= 0.6 is 0 Å². The van der Waals surface area contributed by atoms with Crippen molar-refractivity contribution in [1.82, 2.24) is 4.90 Å². The van der Waals surface area contributed by atoms with E-state index in [1.165, 1.54) is 0 Å². The van der Waals surface area contributed by atoms with E-state index in [1.54, 1.807) is 4.90 Å². The molecule has 1 aliphatic heterocycles. The molecule has 0 saturated carbocycles. The monoisotopic (exact) mass is 225 g/mol. The topological polar surface area (TPSA) is 57.6 Å². The number of carboxylic acid groups (broad SMARTS) is 1. The first kappa shape index (κ1) is 12.7. The molecule has 0 aliphatic carbocycles. The van der Waals surface area contributed by atoms with Crippen molar-refractivity contribution in [2.45, 2.75) is 27.2 Å². The number of carboxylic acids is 1. The standard InChI is InChI=1S/C12H19NO3/c1-12(2,3)9-6-7-13(8-9)10(14)4-5-11(15)16/h4-5,9H,6-8H2,1-3H3,(H,15,16)/b5-4+. The molecule has 0 bridgehead atoms. The Morgan fingerprint density at radius 1 is 1.31 bits per heavy atom. The highest BCUT2D eigenvalue weighted by Crippen LogP contribution is 2.33. The minimum absolute atomic E-state index is 0.200. The van der Waals surface area contributed by atoms with Crippen LogP contribution in [0.25, 0.3) is 0 Å². The fraction of sp³-hybridized carbons (Fsp3) is 0.667. The zero-order chi connectivity index (χ0) is 12.3. The fourth-order valence-corrected chi connectivity index (χ4v) is 1.92. The van der Waals surface area contributed by atoms with Gasteiger partial charge in [0, 0.05) is 25.2 Å². The van der Waals surface area contributed by atoms with Gasteiger partial charge in [0.05, 0.1) is 0 Å². The van der Waals surface area contributed by atoms with Gasteiger partial charge < -0.3 is 10.0 Å². The number of carbonyl (C=O) groups excluding carboxylic acids is 1. The molecule has 1 fully saturated rings. The molecule has 0 aromatic rings. The van der Waals surface area contributed by atoms with Gasteiger partial charge in [-0.1, -0.05) is 20.8 Å². The minimum atomic E-state index is -1.08. The number of hydrogen-bond acceptors (Lipinski definition) is 2. The number of carbonyl (C=O) groups is 2. The highest BCUT2D eigenvalue weighted by atomic mass is 16.4. The van der Waals surface area contributed by atoms with E-state index in [0.717, 1.165) is 31.7 Å². The second-order valence-corrected chi connectivity index (χ2v) is 5.31. The summed E-state index contributed by atoms with van der Waals surface area (Å²) < 4.78 is 0. The molecule has 1 amide bonds. The molecular weight excluding hydrogens is 206 g/mol. The van der Waals surface area contributed by atoms with Crippen LogP contribution in [-0.4, -0.2) is 35.0 Å². The van der Waals surface area contributed by atoms with Crippen LogP contribution < -0.4 is 0 Å². The van der Waals surface area contributed by atoms with E-state index in [2.05, 4.69) is 20.8 Å². The number of hydrogen-bond donors (Lipinski definition) is 1. The van der Waals surface area contributed by atoms with Gasteiger partial charge in [0.2, 0.25) is 5.91 Å². The lowest BCUT2D eigenvalue weighted by Crippen LogP contribution is -2.30. The quantitative estimate of drug-likeness (QED) is 0.725. The highest BCUT2D eigenvalue weighted by molar-refractivity contribution is 5.94. The van der Waals surface area contributed by atoms with Crippen molar-refractivity contribution in [3.63, 3.8) is 0 Å². The van der Waals surface area contributed by atoms with Crippen LogP contribution in [-0.2, 0) is 9.59 Å². The number of aliphatic carboxylic acids is 1. The van der Waals surface area contributed by atoms with Gasteiger partial charge in [-0.3, -0.25) is 4.79 Å². The number of amides is 1. The molecule has 1 heterocycles. The van der Waals surface area contributed by atoms with Gasteiger partial charge in [0.1, 0.15) is 0 Å². The van der Waals surface area contributed by atoms with Crippen LogP contribution in [0.15, 0.2) is 12.2 Å². The normalized spacial score (nSPS) is 21.7. The van der Waals surface area contributed by atoms with E-state index in [-0.39, 0.29) is 11.3 Å². The SMILES string of the molecule is CC(C)(C)C1CCN(C(=O)/C=C/C(=O)O)C1. The summed E-state index contributed by atoms with van der Waals surface area (Å²) in [5.74, 6) is -0.788. The van der Waals surface area contributed by atoms with E-state index >= 15 is 0 Å². The first-order valence-corrected chi connectivity index (χ1v) is 5.50. The Bertz CT molecular complexity index is 315. The third-order valence-corrected chi connectivity index (χ3v) is 3.09. The summed E-state index contributed by atoms with van der Waals surface area (Å²) >= 11 is 0. The van der Waals surface area contributed by atoms with E-state index < -0.39 is 5.97 Å². The van der Waals surface area contributed by atoms with Gasteiger partial charge in [-0.25, -0.2) is 4.79 Å². The molecule has 1 atom stereocenters. The summed E-state index contributed by atoms with van der Waals surface area (Å²) in [5.41, 5.74) is 0.200. The summed E-state index contributed by atoms with van der Waals surface area (Å²) in [6.07, 6.45) is 3.02. The molecule has 4 heteroatoms. The first-order chi connectivity index (χ1) is 7.30. The van der Waals surface area contributed by atoms with Gasteiger partial charge in [0.25, 0.3) is 0 Å². The van der Waals surface area contributed by atoms with Crippen LogP contribution in [0.3, 0.4) is 0 Å². The van der Waals surface area contributed by atoms with Crippen LogP contribution in [0.1, 0.15) is 27.2 Å². The van der Waals surface area contributed by atoms with E-state index in [4.69, 9.17) is 5.11 Å². The number of likely N-dealkylation sites (tertiary alicyclic amines) is 1. The molecule has 0 radical (unpaired) electrons. The summed E-state index contributed by atoms with van der Waals surface area (Å²) in [6.45, 7) is 7.95. The Morgan fingerprint density at radius 3 is 2.38 bits per heavy atom. The van der Waals surface area contributed by atoms with Crippen molar-refractivity contribution in [2.75, 3.05) is 13.1 Å². The Labute approximate surface area is 95.9 Å². The summed E-state index contributed by atoms with van der Waals surface area (Å²) in [6, 6.07) is 0. The molecule has 4 nitrogen and oxygen atoms in total. The average molecular weight is 225 g/mol. The van der Waals surface area contributed by atoms with Crippen molar-refractivity contribution in [2.24, 2.45) is 11.3 Å².